The van der Waals surface area contributed by atoms with E-state index in [0.29, 0.717) is 25.6 Å². The van der Waals surface area contributed by atoms with E-state index in [1.165, 1.54) is 43.2 Å². The van der Waals surface area contributed by atoms with Crippen LogP contribution < -0.4 is 10.6 Å². The Hall–Kier alpha value is -1.35. The number of aliphatic imine (C=N–C) groups is 1. The second kappa shape index (κ2) is 13.9. The molecule has 1 aromatic rings. The van der Waals surface area contributed by atoms with Crippen molar-refractivity contribution in [3.05, 3.63) is 35.4 Å². The normalized spacial score (nSPS) is 17.7. The Morgan fingerprint density at radius 2 is 1.97 bits per heavy atom. The molecule has 1 heterocycles. The molecule has 0 bridgehead atoms. The molecule has 168 valence electrons. The molecule has 0 unspecified atom stereocenters. The van der Waals surface area contributed by atoms with Gasteiger partial charge in [0.05, 0.1) is 6.10 Å². The van der Waals surface area contributed by atoms with Crippen molar-refractivity contribution in [2.24, 2.45) is 4.99 Å². The first kappa shape index (κ1) is 24.9. The van der Waals surface area contributed by atoms with Crippen LogP contribution in [0.2, 0.25) is 0 Å². The van der Waals surface area contributed by atoms with Crippen LogP contribution in [0.1, 0.15) is 62.5 Å². The standard InChI is InChI=1S/C23H36N4O2.HI/c1-24-23(25-13-7-15-29-21-10-3-2-4-11-21)26-17-19-8-5-9-20(16-19)18-27-14-6-12-22(27)28;/h5,8-9,16,21H,2-4,6-7,10-15,17-18H2,1H3,(H2,24,25,26);1H. The summed E-state index contributed by atoms with van der Waals surface area (Å²) in [5, 5.41) is 6.74. The number of nitrogens with one attached hydrogen (secondary N) is 2. The highest BCUT2D eigenvalue weighted by atomic mass is 127. The van der Waals surface area contributed by atoms with Gasteiger partial charge in [-0.2, -0.15) is 0 Å². The summed E-state index contributed by atoms with van der Waals surface area (Å²) in [5.74, 6) is 1.08. The van der Waals surface area contributed by atoms with Crippen molar-refractivity contribution in [2.75, 3.05) is 26.7 Å². The maximum Gasteiger partial charge on any atom is 0.222 e. The number of hydrogen-bond donors (Lipinski definition) is 2. The number of amides is 1. The molecule has 0 atom stereocenters. The smallest absolute Gasteiger partial charge is 0.222 e. The van der Waals surface area contributed by atoms with Gasteiger partial charge in [-0.05, 0) is 36.8 Å². The van der Waals surface area contributed by atoms with E-state index in [0.717, 1.165) is 38.5 Å². The van der Waals surface area contributed by atoms with E-state index in [4.69, 9.17) is 4.74 Å². The summed E-state index contributed by atoms with van der Waals surface area (Å²) in [5.41, 5.74) is 2.38. The molecule has 0 spiro atoms. The maximum atomic E-state index is 11.8. The van der Waals surface area contributed by atoms with Crippen LogP contribution in [0.5, 0.6) is 0 Å². The third-order valence-corrected chi connectivity index (χ3v) is 5.74. The average molecular weight is 528 g/mol. The Kier molecular flexibility index (Phi) is 11.5. The van der Waals surface area contributed by atoms with Gasteiger partial charge in [0.2, 0.25) is 5.91 Å². The Morgan fingerprint density at radius 1 is 1.17 bits per heavy atom. The van der Waals surface area contributed by atoms with E-state index in [1.54, 1.807) is 7.05 Å². The number of halogens is 1. The maximum absolute atomic E-state index is 11.8. The van der Waals surface area contributed by atoms with Gasteiger partial charge in [0, 0.05) is 46.3 Å². The number of hydrogen-bond acceptors (Lipinski definition) is 3. The molecule has 3 rings (SSSR count). The number of nitrogens with zero attached hydrogens (tertiary/aromatic N) is 2. The number of likely N-dealkylation sites (tertiary alicyclic amines) is 1. The van der Waals surface area contributed by atoms with Crippen LogP contribution in [0, 0.1) is 0 Å². The highest BCUT2D eigenvalue weighted by Gasteiger charge is 2.20. The first-order chi connectivity index (χ1) is 14.2. The highest BCUT2D eigenvalue weighted by molar-refractivity contribution is 14.0. The number of guanidine groups is 1. The number of carbonyl (C=O) groups excluding carboxylic acids is 1. The molecule has 0 aromatic heterocycles. The summed E-state index contributed by atoms with van der Waals surface area (Å²) in [6.45, 7) is 3.96. The fourth-order valence-electron chi connectivity index (χ4n) is 4.10. The van der Waals surface area contributed by atoms with E-state index in [-0.39, 0.29) is 29.9 Å². The van der Waals surface area contributed by atoms with Crippen LogP contribution in [0.3, 0.4) is 0 Å². The van der Waals surface area contributed by atoms with Crippen molar-refractivity contribution in [1.82, 2.24) is 15.5 Å². The van der Waals surface area contributed by atoms with Crippen molar-refractivity contribution < 1.29 is 9.53 Å². The van der Waals surface area contributed by atoms with Crippen LogP contribution in [-0.4, -0.2) is 49.6 Å². The lowest BCUT2D eigenvalue weighted by molar-refractivity contribution is -0.128. The van der Waals surface area contributed by atoms with Gasteiger partial charge in [0.1, 0.15) is 0 Å². The summed E-state index contributed by atoms with van der Waals surface area (Å²) in [4.78, 5) is 18.1. The summed E-state index contributed by atoms with van der Waals surface area (Å²) in [6.07, 6.45) is 9.57. The minimum atomic E-state index is 0. The van der Waals surface area contributed by atoms with E-state index in [9.17, 15) is 4.79 Å². The first-order valence-electron chi connectivity index (χ1n) is 11.2. The molecule has 6 nitrogen and oxygen atoms in total. The van der Waals surface area contributed by atoms with Crippen LogP contribution in [0.15, 0.2) is 29.3 Å². The second-order valence-corrected chi connectivity index (χ2v) is 8.08. The molecule has 2 aliphatic rings. The molecule has 1 aliphatic carbocycles. The molecular formula is C23H37IN4O2. The molecule has 7 heteroatoms. The fourth-order valence-corrected chi connectivity index (χ4v) is 4.10. The average Bonchev–Trinajstić information content (AvgIpc) is 3.15. The summed E-state index contributed by atoms with van der Waals surface area (Å²) < 4.78 is 5.97. The van der Waals surface area contributed by atoms with Crippen LogP contribution in [0.25, 0.3) is 0 Å². The molecule has 2 N–H and O–H groups in total. The fraction of sp³-hybridized carbons (Fsp3) is 0.652. The molecule has 1 saturated heterocycles. The number of ether oxygens (including phenoxy) is 1. The molecule has 1 saturated carbocycles. The van der Waals surface area contributed by atoms with Gasteiger partial charge in [-0.25, -0.2) is 0 Å². The number of carbonyl (C=O) groups is 1. The largest absolute Gasteiger partial charge is 0.378 e. The zero-order valence-electron chi connectivity index (χ0n) is 18.2. The zero-order valence-corrected chi connectivity index (χ0v) is 20.5. The lowest BCUT2D eigenvalue weighted by Crippen LogP contribution is -2.37. The predicted octanol–water partition coefficient (Wildman–Crippen LogP) is 3.83. The summed E-state index contributed by atoms with van der Waals surface area (Å²) in [6, 6.07) is 8.43. The van der Waals surface area contributed by atoms with E-state index < -0.39 is 0 Å². The third kappa shape index (κ3) is 8.41. The minimum absolute atomic E-state index is 0. The Labute approximate surface area is 198 Å². The van der Waals surface area contributed by atoms with Gasteiger partial charge in [0.15, 0.2) is 5.96 Å². The predicted molar refractivity (Wildman–Crippen MR) is 132 cm³/mol. The minimum Gasteiger partial charge on any atom is -0.378 e. The van der Waals surface area contributed by atoms with Gasteiger partial charge in [0.25, 0.3) is 0 Å². The van der Waals surface area contributed by atoms with Crippen molar-refractivity contribution in [3.63, 3.8) is 0 Å². The summed E-state index contributed by atoms with van der Waals surface area (Å²) in [7, 11) is 1.79. The van der Waals surface area contributed by atoms with Gasteiger partial charge in [-0.1, -0.05) is 43.5 Å². The molecule has 30 heavy (non-hydrogen) atoms. The van der Waals surface area contributed by atoms with Crippen molar-refractivity contribution in [1.29, 1.82) is 0 Å². The SMILES string of the molecule is CN=C(NCCCOC1CCCCC1)NCc1cccc(CN2CCCC2=O)c1.I. The van der Waals surface area contributed by atoms with E-state index in [2.05, 4.69) is 39.9 Å². The van der Waals surface area contributed by atoms with Crippen molar-refractivity contribution in [2.45, 2.75) is 70.6 Å². The molecule has 2 fully saturated rings. The molecule has 1 amide bonds. The molecular weight excluding hydrogens is 491 g/mol. The van der Waals surface area contributed by atoms with Crippen molar-refractivity contribution >= 4 is 35.8 Å². The Bertz CT molecular complexity index is 677. The molecule has 1 aliphatic heterocycles. The van der Waals surface area contributed by atoms with Crippen LogP contribution in [0.4, 0.5) is 0 Å². The highest BCUT2D eigenvalue weighted by Crippen LogP contribution is 2.20. The van der Waals surface area contributed by atoms with E-state index >= 15 is 0 Å². The topological polar surface area (TPSA) is 66.0 Å². The summed E-state index contributed by atoms with van der Waals surface area (Å²) >= 11 is 0. The van der Waals surface area contributed by atoms with Gasteiger partial charge in [-0.3, -0.25) is 9.79 Å². The molecule has 0 radical (unpaired) electrons. The van der Waals surface area contributed by atoms with Gasteiger partial charge >= 0.3 is 0 Å². The Balaban J connectivity index is 0.00000320. The monoisotopic (exact) mass is 528 g/mol. The quantitative estimate of drug-likeness (QED) is 0.221. The van der Waals surface area contributed by atoms with Crippen LogP contribution in [-0.2, 0) is 22.6 Å². The lowest BCUT2D eigenvalue weighted by atomic mass is 9.98. The first-order valence-corrected chi connectivity index (χ1v) is 11.2. The second-order valence-electron chi connectivity index (χ2n) is 8.08. The van der Waals surface area contributed by atoms with E-state index in [1.807, 2.05) is 4.90 Å². The number of rotatable bonds is 9. The molecule has 1 aromatic carbocycles. The van der Waals surface area contributed by atoms with Gasteiger partial charge in [-0.15, -0.1) is 24.0 Å². The zero-order chi connectivity index (χ0) is 20.3. The Morgan fingerprint density at radius 3 is 2.70 bits per heavy atom. The lowest BCUT2D eigenvalue weighted by Gasteiger charge is -2.22. The van der Waals surface area contributed by atoms with Crippen LogP contribution >= 0.6 is 24.0 Å². The van der Waals surface area contributed by atoms with Gasteiger partial charge < -0.3 is 20.3 Å². The third-order valence-electron chi connectivity index (χ3n) is 5.74. The number of benzene rings is 1. The van der Waals surface area contributed by atoms with Crippen molar-refractivity contribution in [3.8, 4) is 0 Å².